The van der Waals surface area contributed by atoms with E-state index in [9.17, 15) is 4.79 Å². The topological polar surface area (TPSA) is 58.1 Å². The van der Waals surface area contributed by atoms with Crippen LogP contribution < -0.4 is 5.32 Å². The van der Waals surface area contributed by atoms with E-state index in [4.69, 9.17) is 0 Å². The Morgan fingerprint density at radius 2 is 2.10 bits per heavy atom. The average molecular weight is 407 g/mol. The van der Waals surface area contributed by atoms with Crippen molar-refractivity contribution in [2.75, 3.05) is 18.4 Å². The number of aromatic nitrogens is 2. The Morgan fingerprint density at radius 1 is 1.24 bits per heavy atom. The van der Waals surface area contributed by atoms with Gasteiger partial charge in [0.25, 0.3) is 0 Å². The van der Waals surface area contributed by atoms with Crippen LogP contribution in [0.1, 0.15) is 31.0 Å². The van der Waals surface area contributed by atoms with Crippen molar-refractivity contribution in [3.8, 4) is 10.7 Å². The Morgan fingerprint density at radius 3 is 2.86 bits per heavy atom. The first-order valence-electron chi connectivity index (χ1n) is 10.1. The summed E-state index contributed by atoms with van der Waals surface area (Å²) in [5.74, 6) is 0.728. The van der Waals surface area contributed by atoms with Crippen molar-refractivity contribution < 1.29 is 4.79 Å². The second kappa shape index (κ2) is 9.29. The number of benzene rings is 1. The van der Waals surface area contributed by atoms with Gasteiger partial charge in [-0.3, -0.25) is 14.7 Å². The predicted molar refractivity (Wildman–Crippen MR) is 118 cm³/mol. The molecule has 0 spiro atoms. The van der Waals surface area contributed by atoms with Crippen molar-refractivity contribution in [1.82, 2.24) is 14.9 Å². The molecule has 2 aromatic heterocycles. The number of rotatable bonds is 6. The third-order valence-electron chi connectivity index (χ3n) is 5.16. The minimum absolute atomic E-state index is 0.0551. The number of hydrogen-bond donors (Lipinski definition) is 1. The molecule has 1 fully saturated rings. The summed E-state index contributed by atoms with van der Waals surface area (Å²) in [5, 5.41) is 5.73. The van der Waals surface area contributed by atoms with Gasteiger partial charge in [-0.1, -0.05) is 25.1 Å². The number of carbonyl (C=O) groups excluding carboxylic acids is 1. The van der Waals surface area contributed by atoms with Gasteiger partial charge >= 0.3 is 0 Å². The van der Waals surface area contributed by atoms with Crippen LogP contribution in [0.5, 0.6) is 0 Å². The average Bonchev–Trinajstić information content (AvgIpc) is 3.18. The lowest BCUT2D eigenvalue weighted by molar-refractivity contribution is -0.115. The van der Waals surface area contributed by atoms with Crippen LogP contribution in [0.15, 0.2) is 54.0 Å². The maximum Gasteiger partial charge on any atom is 0.230 e. The van der Waals surface area contributed by atoms with Crippen molar-refractivity contribution in [1.29, 1.82) is 0 Å². The Balaban J connectivity index is 1.30. The van der Waals surface area contributed by atoms with Crippen molar-refractivity contribution in [3.05, 3.63) is 65.3 Å². The largest absolute Gasteiger partial charge is 0.326 e. The molecule has 1 N–H and O–H groups in total. The van der Waals surface area contributed by atoms with Crippen molar-refractivity contribution >= 4 is 22.9 Å². The summed E-state index contributed by atoms with van der Waals surface area (Å²) in [7, 11) is 0. The van der Waals surface area contributed by atoms with Gasteiger partial charge in [-0.15, -0.1) is 11.3 Å². The highest BCUT2D eigenvalue weighted by atomic mass is 32.1. The smallest absolute Gasteiger partial charge is 0.230 e. The molecule has 1 amide bonds. The molecule has 4 rings (SSSR count). The number of piperidine rings is 1. The number of pyridine rings is 1. The quantitative estimate of drug-likeness (QED) is 0.649. The van der Waals surface area contributed by atoms with Crippen LogP contribution in [0.4, 0.5) is 5.69 Å². The Bertz CT molecular complexity index is 939. The van der Waals surface area contributed by atoms with Crippen LogP contribution in [0.2, 0.25) is 0 Å². The third kappa shape index (κ3) is 5.49. The Labute approximate surface area is 175 Å². The highest BCUT2D eigenvalue weighted by molar-refractivity contribution is 7.13. The molecule has 0 aliphatic carbocycles. The summed E-state index contributed by atoms with van der Waals surface area (Å²) in [6.45, 7) is 5.66. The molecule has 29 heavy (non-hydrogen) atoms. The second-order valence-corrected chi connectivity index (χ2v) is 8.62. The maximum atomic E-state index is 12.4. The first-order chi connectivity index (χ1) is 14.2. The van der Waals surface area contributed by atoms with Gasteiger partial charge in [0.2, 0.25) is 5.91 Å². The van der Waals surface area contributed by atoms with Gasteiger partial charge < -0.3 is 5.32 Å². The van der Waals surface area contributed by atoms with Crippen LogP contribution in [-0.4, -0.2) is 33.9 Å². The molecule has 1 saturated heterocycles. The fourth-order valence-corrected chi connectivity index (χ4v) is 4.54. The highest BCUT2D eigenvalue weighted by Gasteiger charge is 2.16. The van der Waals surface area contributed by atoms with Crippen LogP contribution >= 0.6 is 11.3 Å². The molecule has 0 radical (unpaired) electrons. The zero-order chi connectivity index (χ0) is 20.1. The van der Waals surface area contributed by atoms with Gasteiger partial charge in [-0.25, -0.2) is 4.98 Å². The maximum absolute atomic E-state index is 12.4. The fourth-order valence-electron chi connectivity index (χ4n) is 3.75. The first kappa shape index (κ1) is 19.7. The predicted octanol–water partition coefficient (Wildman–Crippen LogP) is 4.62. The zero-order valence-electron chi connectivity index (χ0n) is 16.7. The number of nitrogens with one attached hydrogen (secondary N) is 1. The lowest BCUT2D eigenvalue weighted by Gasteiger charge is -2.30. The molecular formula is C23H26N4OS. The highest BCUT2D eigenvalue weighted by Crippen LogP contribution is 2.22. The molecule has 1 aliphatic heterocycles. The van der Waals surface area contributed by atoms with Crippen molar-refractivity contribution in [2.24, 2.45) is 5.92 Å². The van der Waals surface area contributed by atoms with E-state index in [-0.39, 0.29) is 12.3 Å². The molecule has 5 nitrogen and oxygen atoms in total. The third-order valence-corrected chi connectivity index (χ3v) is 6.08. The van der Waals surface area contributed by atoms with Gasteiger partial charge in [0, 0.05) is 30.4 Å². The summed E-state index contributed by atoms with van der Waals surface area (Å²) in [5.41, 5.74) is 3.72. The van der Waals surface area contributed by atoms with Crippen LogP contribution in [0, 0.1) is 5.92 Å². The lowest BCUT2D eigenvalue weighted by atomic mass is 10.00. The number of likely N-dealkylation sites (tertiary alicyclic amines) is 1. The van der Waals surface area contributed by atoms with Gasteiger partial charge in [0.15, 0.2) is 0 Å². The second-order valence-electron chi connectivity index (χ2n) is 7.76. The van der Waals surface area contributed by atoms with Crippen LogP contribution in [0.3, 0.4) is 0 Å². The van der Waals surface area contributed by atoms with Crippen LogP contribution in [0.25, 0.3) is 10.7 Å². The fraction of sp³-hybridized carbons (Fsp3) is 0.348. The zero-order valence-corrected chi connectivity index (χ0v) is 17.5. The molecule has 1 atom stereocenters. The van der Waals surface area contributed by atoms with E-state index in [0.29, 0.717) is 0 Å². The van der Waals surface area contributed by atoms with Gasteiger partial charge in [-0.05, 0) is 55.1 Å². The summed E-state index contributed by atoms with van der Waals surface area (Å²) in [4.78, 5) is 23.8. The number of nitrogens with zero attached hydrogens (tertiary/aromatic N) is 3. The van der Waals surface area contributed by atoms with Crippen LogP contribution in [-0.2, 0) is 17.8 Å². The van der Waals surface area contributed by atoms with Gasteiger partial charge in [0.05, 0.1) is 17.8 Å². The molecule has 3 heterocycles. The molecule has 150 valence electrons. The van der Waals surface area contributed by atoms with E-state index in [0.717, 1.165) is 34.5 Å². The Kier molecular flexibility index (Phi) is 6.32. The minimum atomic E-state index is -0.0551. The van der Waals surface area contributed by atoms with E-state index in [1.165, 1.54) is 42.8 Å². The number of thiazole rings is 1. The molecule has 1 aliphatic rings. The molecule has 6 heteroatoms. The number of anilines is 1. The number of carbonyl (C=O) groups is 1. The Hall–Kier alpha value is -2.57. The van der Waals surface area contributed by atoms with Crippen molar-refractivity contribution in [2.45, 2.75) is 32.7 Å². The summed E-state index contributed by atoms with van der Waals surface area (Å²) in [6, 6.07) is 13.9. The summed E-state index contributed by atoms with van der Waals surface area (Å²) >= 11 is 1.51. The monoisotopic (exact) mass is 406 g/mol. The number of hydrogen-bond acceptors (Lipinski definition) is 5. The van der Waals surface area contributed by atoms with E-state index >= 15 is 0 Å². The molecule has 3 aromatic rings. The number of amides is 1. The summed E-state index contributed by atoms with van der Waals surface area (Å²) < 4.78 is 0. The molecule has 1 unspecified atom stereocenters. The van der Waals surface area contributed by atoms with Gasteiger partial charge in [0.1, 0.15) is 5.01 Å². The lowest BCUT2D eigenvalue weighted by Crippen LogP contribution is -2.33. The SMILES string of the molecule is CC1CCCN(Cc2ccc(NC(=O)Cc3csc(-c4ccccn4)n3)cc2)C1. The first-order valence-corrected chi connectivity index (χ1v) is 11.0. The molecular weight excluding hydrogens is 380 g/mol. The van der Waals surface area contributed by atoms with E-state index < -0.39 is 0 Å². The summed E-state index contributed by atoms with van der Waals surface area (Å²) in [6.07, 6.45) is 4.63. The van der Waals surface area contributed by atoms with Crippen molar-refractivity contribution in [3.63, 3.8) is 0 Å². The molecule has 1 aromatic carbocycles. The van der Waals surface area contributed by atoms with Gasteiger partial charge in [-0.2, -0.15) is 0 Å². The van der Waals surface area contributed by atoms with E-state index in [2.05, 4.69) is 39.2 Å². The molecule has 0 saturated carbocycles. The normalized spacial score (nSPS) is 17.2. The minimum Gasteiger partial charge on any atom is -0.326 e. The molecule has 0 bridgehead atoms. The standard InChI is InChI=1S/C23H26N4OS/c1-17-5-4-12-27(14-17)15-18-7-9-19(10-8-18)25-22(28)13-20-16-29-23(26-20)21-6-2-3-11-24-21/h2-3,6-11,16-17H,4-5,12-15H2,1H3,(H,25,28). The van der Waals surface area contributed by atoms with E-state index in [1.807, 2.05) is 35.7 Å². The van der Waals surface area contributed by atoms with E-state index in [1.54, 1.807) is 6.20 Å².